The van der Waals surface area contributed by atoms with Crippen LogP contribution in [0.25, 0.3) is 0 Å². The van der Waals surface area contributed by atoms with Crippen LogP contribution in [0.1, 0.15) is 36.7 Å². The molecule has 0 aliphatic rings. The van der Waals surface area contributed by atoms with E-state index < -0.39 is 27.4 Å². The smallest absolute Gasteiger partial charge is 0.291 e. The number of unbranched alkanes of at least 4 members (excludes halogenated alkanes) is 2. The van der Waals surface area contributed by atoms with Crippen LogP contribution in [0.4, 0.5) is 11.4 Å². The van der Waals surface area contributed by atoms with Crippen molar-refractivity contribution in [1.29, 1.82) is 0 Å². The van der Waals surface area contributed by atoms with E-state index in [-0.39, 0.29) is 22.9 Å². The average Bonchev–Trinajstić information content (AvgIpc) is 3.11. The number of hydrogen-bond acceptors (Lipinski definition) is 5. The highest BCUT2D eigenvalue weighted by Gasteiger charge is 2.18. The Morgan fingerprint density at radius 1 is 1.11 bits per heavy atom. The molecule has 7 nitrogen and oxygen atoms in total. The van der Waals surface area contributed by atoms with Gasteiger partial charge in [0.1, 0.15) is 5.75 Å². The van der Waals surface area contributed by atoms with E-state index in [0.29, 0.717) is 11.4 Å². The lowest BCUT2D eigenvalue weighted by atomic mass is 10.2. The van der Waals surface area contributed by atoms with E-state index >= 15 is 0 Å². The lowest BCUT2D eigenvalue weighted by Gasteiger charge is -2.12. The van der Waals surface area contributed by atoms with Gasteiger partial charge in [0.25, 0.3) is 5.91 Å². The second-order valence-electron chi connectivity index (χ2n) is 5.97. The number of benzene rings is 1. The molecule has 0 bridgehead atoms. The third-order valence-electron chi connectivity index (χ3n) is 3.66. The maximum absolute atomic E-state index is 12.2. The zero-order valence-corrected chi connectivity index (χ0v) is 16.4. The van der Waals surface area contributed by atoms with Crippen molar-refractivity contribution in [3.63, 3.8) is 0 Å². The fourth-order valence-corrected chi connectivity index (χ4v) is 3.78. The summed E-state index contributed by atoms with van der Waals surface area (Å²) in [5, 5.41) is 5.44. The van der Waals surface area contributed by atoms with Crippen LogP contribution >= 0.6 is 11.6 Å². The van der Waals surface area contributed by atoms with Crippen molar-refractivity contribution < 1.29 is 22.4 Å². The van der Waals surface area contributed by atoms with E-state index in [1.165, 1.54) is 30.5 Å². The number of halogens is 1. The number of carbonyl (C=O) groups excluding carboxylic acids is 2. The van der Waals surface area contributed by atoms with E-state index in [0.717, 1.165) is 12.8 Å². The molecule has 0 aliphatic carbocycles. The molecule has 0 saturated carbocycles. The van der Waals surface area contributed by atoms with Gasteiger partial charge < -0.3 is 15.1 Å². The minimum Gasteiger partial charge on any atom is -0.459 e. The van der Waals surface area contributed by atoms with Gasteiger partial charge in [0.2, 0.25) is 5.91 Å². The van der Waals surface area contributed by atoms with E-state index in [4.69, 9.17) is 16.0 Å². The van der Waals surface area contributed by atoms with Crippen molar-refractivity contribution in [3.8, 4) is 0 Å². The molecule has 0 aliphatic heterocycles. The first kappa shape index (κ1) is 21.0. The van der Waals surface area contributed by atoms with Crippen molar-refractivity contribution in [2.45, 2.75) is 26.2 Å². The first-order chi connectivity index (χ1) is 12.8. The number of hydrogen-bond donors (Lipinski definition) is 2. The summed E-state index contributed by atoms with van der Waals surface area (Å²) in [5.41, 5.74) is 0.480. The Morgan fingerprint density at radius 2 is 1.89 bits per heavy atom. The maximum atomic E-state index is 12.2. The number of carbonyl (C=O) groups is 2. The molecule has 146 valence electrons. The molecule has 1 aromatic carbocycles. The highest BCUT2D eigenvalue weighted by molar-refractivity contribution is 7.92. The molecule has 2 aromatic rings. The van der Waals surface area contributed by atoms with Crippen LogP contribution in [0.3, 0.4) is 0 Å². The van der Waals surface area contributed by atoms with E-state index in [2.05, 4.69) is 10.6 Å². The minimum atomic E-state index is -3.49. The largest absolute Gasteiger partial charge is 0.459 e. The highest BCUT2D eigenvalue weighted by atomic mass is 35.5. The maximum Gasteiger partial charge on any atom is 0.291 e. The minimum absolute atomic E-state index is 0.0308. The molecule has 2 N–H and O–H groups in total. The van der Waals surface area contributed by atoms with Crippen LogP contribution in [0.2, 0.25) is 5.02 Å². The molecule has 9 heteroatoms. The summed E-state index contributed by atoms with van der Waals surface area (Å²) >= 11 is 5.96. The van der Waals surface area contributed by atoms with Crippen molar-refractivity contribution in [3.05, 3.63) is 47.4 Å². The lowest BCUT2D eigenvalue weighted by molar-refractivity contribution is -0.113. The van der Waals surface area contributed by atoms with Crippen LogP contribution < -0.4 is 10.6 Å². The number of rotatable bonds is 9. The third kappa shape index (κ3) is 6.73. The Kier molecular flexibility index (Phi) is 7.44. The fourth-order valence-electron chi connectivity index (χ4n) is 2.35. The molecule has 0 atom stereocenters. The molecule has 27 heavy (non-hydrogen) atoms. The molecule has 0 radical (unpaired) electrons. The van der Waals surface area contributed by atoms with Gasteiger partial charge in [0, 0.05) is 5.02 Å². The van der Waals surface area contributed by atoms with Gasteiger partial charge in [0.15, 0.2) is 15.6 Å². The normalized spacial score (nSPS) is 11.2. The lowest BCUT2D eigenvalue weighted by Crippen LogP contribution is -2.25. The summed E-state index contributed by atoms with van der Waals surface area (Å²) in [5.74, 6) is -1.76. The number of sulfone groups is 1. The standard InChI is InChI=1S/C18H21ClN2O5S/c1-2-3-4-10-27(24,25)12-17(22)20-14-8-7-13(19)11-15(14)21-18(23)16-6-5-9-26-16/h5-9,11H,2-4,10,12H2,1H3,(H,20,22)(H,21,23). The summed E-state index contributed by atoms with van der Waals surface area (Å²) in [7, 11) is -3.49. The van der Waals surface area contributed by atoms with Crippen molar-refractivity contribution in [2.24, 2.45) is 0 Å². The molecular weight excluding hydrogens is 392 g/mol. The van der Waals surface area contributed by atoms with Crippen molar-refractivity contribution in [1.82, 2.24) is 0 Å². The number of nitrogens with one attached hydrogen (secondary N) is 2. The SMILES string of the molecule is CCCCCS(=O)(=O)CC(=O)Nc1ccc(Cl)cc1NC(=O)c1ccco1. The Bertz CT molecular complexity index is 894. The second kappa shape index (κ2) is 9.57. The van der Waals surface area contributed by atoms with Crippen LogP contribution in [-0.2, 0) is 14.6 Å². The zero-order valence-electron chi connectivity index (χ0n) is 14.8. The van der Waals surface area contributed by atoms with Gasteiger partial charge in [-0.2, -0.15) is 0 Å². The molecule has 1 aromatic heterocycles. The van der Waals surface area contributed by atoms with Gasteiger partial charge in [-0.3, -0.25) is 9.59 Å². The fraction of sp³-hybridized carbons (Fsp3) is 0.333. The van der Waals surface area contributed by atoms with Crippen LogP contribution in [0, 0.1) is 0 Å². The summed E-state index contributed by atoms with van der Waals surface area (Å²) in [4.78, 5) is 24.3. The van der Waals surface area contributed by atoms with Crippen LogP contribution in [0.5, 0.6) is 0 Å². The monoisotopic (exact) mass is 412 g/mol. The Labute approximate surface area is 163 Å². The topological polar surface area (TPSA) is 105 Å². The van der Waals surface area contributed by atoms with Crippen molar-refractivity contribution >= 4 is 44.6 Å². The summed E-state index contributed by atoms with van der Waals surface area (Å²) < 4.78 is 29.0. The summed E-state index contributed by atoms with van der Waals surface area (Å²) in [6, 6.07) is 7.52. The Morgan fingerprint density at radius 3 is 2.56 bits per heavy atom. The van der Waals surface area contributed by atoms with Gasteiger partial charge in [-0.25, -0.2) is 8.42 Å². The molecule has 1 heterocycles. The highest BCUT2D eigenvalue weighted by Crippen LogP contribution is 2.26. The first-order valence-electron chi connectivity index (χ1n) is 8.45. The molecule has 0 saturated heterocycles. The van der Waals surface area contributed by atoms with Crippen LogP contribution in [-0.4, -0.2) is 31.7 Å². The zero-order chi connectivity index (χ0) is 19.9. The quantitative estimate of drug-likeness (QED) is 0.610. The molecule has 0 spiro atoms. The van der Waals surface area contributed by atoms with Gasteiger partial charge in [0.05, 0.1) is 23.4 Å². The molecular formula is C18H21ClN2O5S. The predicted molar refractivity (Wildman–Crippen MR) is 105 cm³/mol. The van der Waals surface area contributed by atoms with Gasteiger partial charge in [-0.05, 0) is 36.8 Å². The summed E-state index contributed by atoms with van der Waals surface area (Å²) in [6.07, 6.45) is 3.57. The first-order valence-corrected chi connectivity index (χ1v) is 10.7. The van der Waals surface area contributed by atoms with E-state index in [1.54, 1.807) is 6.07 Å². The Balaban J connectivity index is 2.07. The van der Waals surface area contributed by atoms with E-state index in [1.807, 2.05) is 6.92 Å². The van der Waals surface area contributed by atoms with Crippen LogP contribution in [0.15, 0.2) is 41.0 Å². The second-order valence-corrected chi connectivity index (χ2v) is 8.59. The number of anilines is 2. The predicted octanol–water partition coefficient (Wildman–Crippen LogP) is 3.73. The Hall–Kier alpha value is -2.32. The average molecular weight is 413 g/mol. The number of amides is 2. The molecule has 0 unspecified atom stereocenters. The van der Waals surface area contributed by atoms with Crippen molar-refractivity contribution in [2.75, 3.05) is 22.1 Å². The summed E-state index contributed by atoms with van der Waals surface area (Å²) in [6.45, 7) is 1.97. The molecule has 2 amide bonds. The van der Waals surface area contributed by atoms with Gasteiger partial charge in [-0.15, -0.1) is 0 Å². The van der Waals surface area contributed by atoms with Gasteiger partial charge in [-0.1, -0.05) is 31.4 Å². The molecule has 0 fully saturated rings. The number of furan rings is 1. The van der Waals surface area contributed by atoms with E-state index in [9.17, 15) is 18.0 Å². The third-order valence-corrected chi connectivity index (χ3v) is 5.51. The molecule has 2 rings (SSSR count). The van der Waals surface area contributed by atoms with Gasteiger partial charge >= 0.3 is 0 Å².